The third-order valence-corrected chi connectivity index (χ3v) is 9.59. The maximum absolute atomic E-state index is 9.27. The van der Waals surface area contributed by atoms with Crippen LogP contribution in [0.3, 0.4) is 0 Å². The van der Waals surface area contributed by atoms with Gasteiger partial charge in [-0.25, -0.2) is 0 Å². The molecule has 1 heteroatoms. The molecule has 0 aliphatic rings. The molecule has 10 rings (SSSR count). The third-order valence-electron chi connectivity index (χ3n) is 9.59. The number of furan rings is 1. The molecule has 0 aliphatic heterocycles. The molecule has 0 amide bonds. The summed E-state index contributed by atoms with van der Waals surface area (Å²) in [4.78, 5) is 0. The van der Waals surface area contributed by atoms with Crippen LogP contribution in [-0.4, -0.2) is 0 Å². The summed E-state index contributed by atoms with van der Waals surface area (Å²) < 4.78 is 25.0. The van der Waals surface area contributed by atoms with E-state index in [9.17, 15) is 1.37 Å². The van der Waals surface area contributed by atoms with Crippen molar-refractivity contribution in [2.75, 3.05) is 0 Å². The Hall–Kier alpha value is -6.18. The summed E-state index contributed by atoms with van der Waals surface area (Å²) in [6.07, 6.45) is 0. The molecule has 0 spiro atoms. The Morgan fingerprint density at radius 1 is 0.362 bits per heavy atom. The molecule has 0 saturated heterocycles. The topological polar surface area (TPSA) is 13.1 Å². The lowest BCUT2D eigenvalue weighted by atomic mass is 9.84. The van der Waals surface area contributed by atoms with Gasteiger partial charge < -0.3 is 4.42 Å². The van der Waals surface area contributed by atoms with Crippen molar-refractivity contribution < 1.29 is 7.16 Å². The van der Waals surface area contributed by atoms with Gasteiger partial charge in [0.15, 0.2) is 0 Å². The van der Waals surface area contributed by atoms with Gasteiger partial charge in [0.2, 0.25) is 0 Å². The Labute approximate surface area is 274 Å². The van der Waals surface area contributed by atoms with E-state index >= 15 is 0 Å². The van der Waals surface area contributed by atoms with E-state index in [2.05, 4.69) is 133 Å². The van der Waals surface area contributed by atoms with Gasteiger partial charge in [-0.05, 0) is 101 Å². The van der Waals surface area contributed by atoms with Crippen LogP contribution in [0, 0.1) is 0 Å². The molecule has 0 N–H and O–H groups in total. The minimum atomic E-state index is 0.321. The van der Waals surface area contributed by atoms with E-state index in [1.165, 1.54) is 33.0 Å². The maximum Gasteiger partial charge on any atom is 0.136 e. The zero-order valence-electron chi connectivity index (χ0n) is 27.4. The maximum atomic E-state index is 9.27. The predicted molar refractivity (Wildman–Crippen MR) is 200 cm³/mol. The van der Waals surface area contributed by atoms with Gasteiger partial charge in [-0.2, -0.15) is 0 Å². The second-order valence-corrected chi connectivity index (χ2v) is 12.2. The highest BCUT2D eigenvalue weighted by Gasteiger charge is 2.21. The van der Waals surface area contributed by atoms with Crippen LogP contribution in [0.15, 0.2) is 174 Å². The monoisotopic (exact) mass is 598 g/mol. The summed E-state index contributed by atoms with van der Waals surface area (Å²) in [6.45, 7) is 0. The van der Waals surface area contributed by atoms with E-state index in [0.717, 1.165) is 48.8 Å². The number of rotatable bonds is 3. The van der Waals surface area contributed by atoms with E-state index < -0.39 is 0 Å². The van der Waals surface area contributed by atoms with Gasteiger partial charge in [0.25, 0.3) is 0 Å². The minimum absolute atomic E-state index is 0.321. The molecule has 9 aromatic carbocycles. The first-order chi connectivity index (χ1) is 24.2. The second kappa shape index (κ2) is 10.2. The summed E-state index contributed by atoms with van der Waals surface area (Å²) in [5.41, 5.74) is 8.14. The lowest BCUT2D eigenvalue weighted by Crippen LogP contribution is -1.92. The van der Waals surface area contributed by atoms with Gasteiger partial charge in [-0.15, -0.1) is 0 Å². The van der Waals surface area contributed by atoms with Crippen LogP contribution >= 0.6 is 0 Å². The van der Waals surface area contributed by atoms with E-state index in [1.54, 1.807) is 0 Å². The number of hydrogen-bond donors (Lipinski definition) is 0. The fourth-order valence-corrected chi connectivity index (χ4v) is 7.55. The quantitative estimate of drug-likeness (QED) is 0.184. The van der Waals surface area contributed by atoms with Crippen LogP contribution in [0.1, 0.15) is 2.74 Å². The number of benzene rings is 9. The molecule has 1 heterocycles. The van der Waals surface area contributed by atoms with Crippen LogP contribution in [0.25, 0.3) is 98.4 Å². The SMILES string of the molecule is [2H]c1c2ccccc2c([2H])c2c1oc1cc(-c3c4ccccc4c(-c4cccc(-c5ccccc5)c4)c4ccccc34)c3ccccc3c12. The molecule has 0 radical (unpaired) electrons. The summed E-state index contributed by atoms with van der Waals surface area (Å²) in [5, 5.41) is 9.88. The summed E-state index contributed by atoms with van der Waals surface area (Å²) in [5.74, 6) is 0. The largest absolute Gasteiger partial charge is 0.456 e. The van der Waals surface area contributed by atoms with Gasteiger partial charge in [0.05, 0.1) is 2.74 Å². The average molecular weight is 599 g/mol. The summed E-state index contributed by atoms with van der Waals surface area (Å²) in [7, 11) is 0. The summed E-state index contributed by atoms with van der Waals surface area (Å²) in [6, 6.07) is 55.8. The molecule has 1 aromatic heterocycles. The second-order valence-electron chi connectivity index (χ2n) is 12.2. The van der Waals surface area contributed by atoms with Crippen molar-refractivity contribution in [1.29, 1.82) is 0 Å². The Kier molecular flexibility index (Phi) is 5.21. The highest BCUT2D eigenvalue weighted by Crippen LogP contribution is 2.48. The standard InChI is InChI=1S/C46H28O/c1-2-13-29(14-3-1)30-17-12-18-33(25-30)44-36-21-8-10-23-38(36)45(39-24-11-9-22-37(39)44)40-28-43-46(35-20-7-6-19-34(35)40)41-26-31-15-4-5-16-32(31)27-42(41)47-43/h1-28H/i26D,27D. The fraction of sp³-hybridized carbons (Fsp3) is 0. The molecular weight excluding hydrogens is 569 g/mol. The lowest BCUT2D eigenvalue weighted by Gasteiger charge is -2.19. The van der Waals surface area contributed by atoms with Crippen molar-refractivity contribution in [3.8, 4) is 33.4 Å². The van der Waals surface area contributed by atoms with Gasteiger partial charge in [0.1, 0.15) is 11.2 Å². The predicted octanol–water partition coefficient (Wildman–Crippen LogP) is 13.2. The Balaban J connectivity index is 1.33. The first-order valence-corrected chi connectivity index (χ1v) is 16.0. The number of hydrogen-bond acceptors (Lipinski definition) is 1. The van der Waals surface area contributed by atoms with Crippen molar-refractivity contribution in [2.24, 2.45) is 0 Å². The lowest BCUT2D eigenvalue weighted by molar-refractivity contribution is 0.670. The van der Waals surface area contributed by atoms with Gasteiger partial charge in [-0.1, -0.05) is 146 Å². The molecule has 0 fully saturated rings. The van der Waals surface area contributed by atoms with Gasteiger partial charge in [0, 0.05) is 10.8 Å². The zero-order chi connectivity index (χ0) is 32.6. The van der Waals surface area contributed by atoms with Crippen LogP contribution in [0.5, 0.6) is 0 Å². The van der Waals surface area contributed by atoms with Crippen molar-refractivity contribution in [2.45, 2.75) is 0 Å². The molecule has 10 aromatic rings. The Bertz CT molecular complexity index is 2900. The third kappa shape index (κ3) is 3.97. The van der Waals surface area contributed by atoms with E-state index in [1.807, 2.05) is 24.3 Å². The Morgan fingerprint density at radius 3 is 1.60 bits per heavy atom. The normalized spacial score (nSPS) is 12.4. The fourth-order valence-electron chi connectivity index (χ4n) is 7.55. The zero-order valence-corrected chi connectivity index (χ0v) is 25.4. The van der Waals surface area contributed by atoms with Crippen molar-refractivity contribution >= 4 is 65.0 Å². The molecule has 218 valence electrons. The van der Waals surface area contributed by atoms with E-state index in [-0.39, 0.29) is 0 Å². The average Bonchev–Trinajstić information content (AvgIpc) is 3.56. The van der Waals surface area contributed by atoms with Crippen LogP contribution < -0.4 is 0 Å². The molecule has 0 saturated carbocycles. The molecular formula is C46H28O. The van der Waals surface area contributed by atoms with E-state index in [0.29, 0.717) is 28.6 Å². The van der Waals surface area contributed by atoms with Crippen molar-refractivity contribution in [3.05, 3.63) is 170 Å². The molecule has 0 aliphatic carbocycles. The molecule has 0 atom stereocenters. The van der Waals surface area contributed by atoms with Crippen molar-refractivity contribution in [3.63, 3.8) is 0 Å². The first kappa shape index (κ1) is 24.1. The molecule has 47 heavy (non-hydrogen) atoms. The van der Waals surface area contributed by atoms with Crippen LogP contribution in [0.2, 0.25) is 0 Å². The molecule has 1 nitrogen and oxygen atoms in total. The number of fused-ring (bicyclic) bond motifs is 8. The van der Waals surface area contributed by atoms with E-state index in [4.69, 9.17) is 5.79 Å². The van der Waals surface area contributed by atoms with Gasteiger partial charge in [-0.3, -0.25) is 0 Å². The molecule has 0 unspecified atom stereocenters. The first-order valence-electron chi connectivity index (χ1n) is 17.0. The van der Waals surface area contributed by atoms with Crippen molar-refractivity contribution in [1.82, 2.24) is 0 Å². The van der Waals surface area contributed by atoms with Crippen LogP contribution in [-0.2, 0) is 0 Å². The molecule has 0 bridgehead atoms. The van der Waals surface area contributed by atoms with Crippen LogP contribution in [0.4, 0.5) is 0 Å². The summed E-state index contributed by atoms with van der Waals surface area (Å²) >= 11 is 0. The Morgan fingerprint density at radius 2 is 0.894 bits per heavy atom. The highest BCUT2D eigenvalue weighted by atomic mass is 16.3. The van der Waals surface area contributed by atoms with Gasteiger partial charge >= 0.3 is 0 Å². The highest BCUT2D eigenvalue weighted by molar-refractivity contribution is 6.28. The minimum Gasteiger partial charge on any atom is -0.456 e. The smallest absolute Gasteiger partial charge is 0.136 e.